The number of aromatic nitrogens is 2. The van der Waals surface area contributed by atoms with E-state index >= 15 is 0 Å². The molecule has 4 nitrogen and oxygen atoms in total. The summed E-state index contributed by atoms with van der Waals surface area (Å²) in [7, 11) is 0. The molecule has 0 N–H and O–H groups in total. The summed E-state index contributed by atoms with van der Waals surface area (Å²) in [6.07, 6.45) is 6.76. The van der Waals surface area contributed by atoms with Crippen LogP contribution in [0.2, 0.25) is 0 Å². The van der Waals surface area contributed by atoms with Gasteiger partial charge in [-0.3, -0.25) is 4.79 Å². The number of nitrogens with zero attached hydrogens (tertiary/aromatic N) is 2. The largest absolute Gasteiger partial charge is 0.465 e. The van der Waals surface area contributed by atoms with Crippen LogP contribution in [0.5, 0.6) is 0 Å². The summed E-state index contributed by atoms with van der Waals surface area (Å²) >= 11 is 1.62. The van der Waals surface area contributed by atoms with E-state index in [0.29, 0.717) is 18.4 Å². The highest BCUT2D eigenvalue weighted by Gasteiger charge is 2.59. The van der Waals surface area contributed by atoms with Crippen LogP contribution in [0.1, 0.15) is 31.9 Å². The molecule has 0 aliphatic heterocycles. The van der Waals surface area contributed by atoms with E-state index in [0.717, 1.165) is 23.4 Å². The maximum absolute atomic E-state index is 12.4. The molecule has 102 valence electrons. The molecule has 1 heterocycles. The number of carbonyl (C=O) groups is 1. The Hall–Kier alpha value is -1.10. The first-order valence-electron chi connectivity index (χ1n) is 6.74. The molecule has 0 saturated heterocycles. The zero-order valence-corrected chi connectivity index (χ0v) is 12.1. The SMILES string of the molecule is CCOC(=O)C1(c2cc(SC)cnn2)CC2CC2C1. The minimum atomic E-state index is -0.539. The first-order valence-corrected chi connectivity index (χ1v) is 7.96. The van der Waals surface area contributed by atoms with Crippen molar-refractivity contribution in [1.82, 2.24) is 10.2 Å². The maximum atomic E-state index is 12.4. The average Bonchev–Trinajstić information content (AvgIpc) is 3.06. The third kappa shape index (κ3) is 2.14. The molecule has 2 unspecified atom stereocenters. The summed E-state index contributed by atoms with van der Waals surface area (Å²) in [5, 5.41) is 8.28. The van der Waals surface area contributed by atoms with Crippen molar-refractivity contribution < 1.29 is 9.53 Å². The monoisotopic (exact) mass is 278 g/mol. The standard InChI is InChI=1S/C14H18N2O2S/c1-3-18-13(17)14(6-9-4-10(9)7-14)12-5-11(19-2)8-15-16-12/h5,8-10H,3-4,6-7H2,1-2H3. The summed E-state index contributed by atoms with van der Waals surface area (Å²) in [4.78, 5) is 13.5. The van der Waals surface area contributed by atoms with E-state index in [9.17, 15) is 4.79 Å². The molecule has 0 aromatic carbocycles. The molecule has 3 rings (SSSR count). The number of carbonyl (C=O) groups excluding carboxylic acids is 1. The lowest BCUT2D eigenvalue weighted by Crippen LogP contribution is -2.37. The quantitative estimate of drug-likeness (QED) is 0.625. The van der Waals surface area contributed by atoms with E-state index in [1.165, 1.54) is 6.42 Å². The molecule has 0 amide bonds. The predicted octanol–water partition coefficient (Wildman–Crippen LogP) is 2.43. The fourth-order valence-electron chi connectivity index (χ4n) is 3.23. The van der Waals surface area contributed by atoms with Crippen molar-refractivity contribution in [2.75, 3.05) is 12.9 Å². The van der Waals surface area contributed by atoms with Crippen LogP contribution in [0.25, 0.3) is 0 Å². The van der Waals surface area contributed by atoms with E-state index in [1.807, 2.05) is 19.2 Å². The van der Waals surface area contributed by atoms with Gasteiger partial charge in [0.15, 0.2) is 0 Å². The van der Waals surface area contributed by atoms with Gasteiger partial charge in [0.05, 0.1) is 18.5 Å². The Morgan fingerprint density at radius 3 is 2.89 bits per heavy atom. The number of ether oxygens (including phenoxy) is 1. The Morgan fingerprint density at radius 1 is 1.53 bits per heavy atom. The van der Waals surface area contributed by atoms with Gasteiger partial charge >= 0.3 is 5.97 Å². The van der Waals surface area contributed by atoms with Gasteiger partial charge in [-0.2, -0.15) is 10.2 Å². The average molecular weight is 278 g/mol. The Balaban J connectivity index is 1.96. The molecule has 2 fully saturated rings. The van der Waals surface area contributed by atoms with Crippen LogP contribution in [0.4, 0.5) is 0 Å². The summed E-state index contributed by atoms with van der Waals surface area (Å²) < 4.78 is 5.31. The van der Waals surface area contributed by atoms with E-state index in [4.69, 9.17) is 4.74 Å². The summed E-state index contributed by atoms with van der Waals surface area (Å²) in [5.41, 5.74) is 0.257. The van der Waals surface area contributed by atoms with Gasteiger partial charge in [0.25, 0.3) is 0 Å². The lowest BCUT2D eigenvalue weighted by atomic mass is 9.79. The number of hydrogen-bond donors (Lipinski definition) is 0. The van der Waals surface area contributed by atoms with Crippen LogP contribution < -0.4 is 0 Å². The second-order valence-corrected chi connectivity index (χ2v) is 6.33. The number of rotatable bonds is 4. The number of thioether (sulfide) groups is 1. The zero-order chi connectivity index (χ0) is 13.5. The van der Waals surface area contributed by atoms with Crippen LogP contribution in [-0.2, 0) is 14.9 Å². The summed E-state index contributed by atoms with van der Waals surface area (Å²) in [6.45, 7) is 2.27. The second kappa shape index (κ2) is 4.78. The molecule has 0 bridgehead atoms. The Labute approximate surface area is 117 Å². The Kier molecular flexibility index (Phi) is 3.25. The lowest BCUT2D eigenvalue weighted by molar-refractivity contribution is -0.150. The van der Waals surface area contributed by atoms with Crippen LogP contribution in [0, 0.1) is 11.8 Å². The van der Waals surface area contributed by atoms with Gasteiger partial charge in [0.2, 0.25) is 0 Å². The minimum Gasteiger partial charge on any atom is -0.465 e. The van der Waals surface area contributed by atoms with Gasteiger partial charge in [-0.15, -0.1) is 11.8 Å². The molecule has 2 aliphatic carbocycles. The molecule has 2 saturated carbocycles. The molecule has 5 heteroatoms. The van der Waals surface area contributed by atoms with Gasteiger partial charge in [-0.1, -0.05) is 0 Å². The number of hydrogen-bond acceptors (Lipinski definition) is 5. The Bertz CT molecular complexity index is 496. The normalized spacial score (nSPS) is 31.9. The van der Waals surface area contributed by atoms with Crippen molar-refractivity contribution in [3.05, 3.63) is 18.0 Å². The third-order valence-electron chi connectivity index (χ3n) is 4.31. The first kappa shape index (κ1) is 12.9. The highest BCUT2D eigenvalue weighted by molar-refractivity contribution is 7.98. The molecule has 0 radical (unpaired) electrons. The summed E-state index contributed by atoms with van der Waals surface area (Å²) in [6, 6.07) is 2.00. The van der Waals surface area contributed by atoms with Crippen LogP contribution in [0.3, 0.4) is 0 Å². The van der Waals surface area contributed by atoms with Crippen LogP contribution >= 0.6 is 11.8 Å². The van der Waals surface area contributed by atoms with Gasteiger partial charge < -0.3 is 4.74 Å². The molecule has 0 spiro atoms. The maximum Gasteiger partial charge on any atom is 0.318 e. The minimum absolute atomic E-state index is 0.116. The van der Waals surface area contributed by atoms with Crippen LogP contribution in [-0.4, -0.2) is 29.0 Å². The third-order valence-corrected chi connectivity index (χ3v) is 5.01. The molecule has 2 atom stereocenters. The van der Waals surface area contributed by atoms with Crippen molar-refractivity contribution in [3.8, 4) is 0 Å². The zero-order valence-electron chi connectivity index (χ0n) is 11.3. The predicted molar refractivity (Wildman–Crippen MR) is 73.0 cm³/mol. The van der Waals surface area contributed by atoms with Gasteiger partial charge in [-0.25, -0.2) is 0 Å². The smallest absolute Gasteiger partial charge is 0.318 e. The molecule has 1 aromatic heterocycles. The fraction of sp³-hybridized carbons (Fsp3) is 0.643. The van der Waals surface area contributed by atoms with Crippen molar-refractivity contribution in [2.45, 2.75) is 36.5 Å². The second-order valence-electron chi connectivity index (χ2n) is 5.45. The van der Waals surface area contributed by atoms with E-state index < -0.39 is 5.41 Å². The van der Waals surface area contributed by atoms with Crippen molar-refractivity contribution in [1.29, 1.82) is 0 Å². The molecule has 1 aromatic rings. The molecular weight excluding hydrogens is 260 g/mol. The topological polar surface area (TPSA) is 52.1 Å². The van der Waals surface area contributed by atoms with Crippen molar-refractivity contribution >= 4 is 17.7 Å². The van der Waals surface area contributed by atoms with Gasteiger partial charge in [-0.05, 0) is 50.3 Å². The summed E-state index contributed by atoms with van der Waals surface area (Å²) in [5.74, 6) is 1.25. The fourth-order valence-corrected chi connectivity index (χ4v) is 3.61. The van der Waals surface area contributed by atoms with Gasteiger partial charge in [0.1, 0.15) is 5.41 Å². The number of fused-ring (bicyclic) bond motifs is 1. The van der Waals surface area contributed by atoms with E-state index in [2.05, 4.69) is 10.2 Å². The van der Waals surface area contributed by atoms with Crippen LogP contribution in [0.15, 0.2) is 17.2 Å². The number of esters is 1. The molecule has 2 aliphatic rings. The first-order chi connectivity index (χ1) is 9.19. The molecular formula is C14H18N2O2S. The van der Waals surface area contributed by atoms with Crippen molar-refractivity contribution in [3.63, 3.8) is 0 Å². The highest BCUT2D eigenvalue weighted by Crippen LogP contribution is 2.60. The van der Waals surface area contributed by atoms with Crippen molar-refractivity contribution in [2.24, 2.45) is 11.8 Å². The van der Waals surface area contributed by atoms with E-state index in [-0.39, 0.29) is 5.97 Å². The Morgan fingerprint density at radius 2 is 2.26 bits per heavy atom. The molecule has 19 heavy (non-hydrogen) atoms. The highest BCUT2D eigenvalue weighted by atomic mass is 32.2. The van der Waals surface area contributed by atoms with Gasteiger partial charge in [0, 0.05) is 4.90 Å². The lowest BCUT2D eigenvalue weighted by Gasteiger charge is -2.27. The van der Waals surface area contributed by atoms with E-state index in [1.54, 1.807) is 18.0 Å².